The van der Waals surface area contributed by atoms with Crippen molar-refractivity contribution in [3.05, 3.63) is 41.6 Å². The summed E-state index contributed by atoms with van der Waals surface area (Å²) in [7, 11) is 0. The minimum absolute atomic E-state index is 0.178. The van der Waals surface area contributed by atoms with Crippen LogP contribution in [0.25, 0.3) is 0 Å². The molecular formula is C11H11F2N3O2. The SMILES string of the molecule is NCc1nnc(CCOc2ccc(F)c(F)c2)o1. The summed E-state index contributed by atoms with van der Waals surface area (Å²) in [5.41, 5.74) is 5.31. The summed E-state index contributed by atoms with van der Waals surface area (Å²) in [5.74, 6) is -0.883. The fourth-order valence-electron chi connectivity index (χ4n) is 1.29. The van der Waals surface area contributed by atoms with E-state index in [0.717, 1.165) is 12.1 Å². The smallest absolute Gasteiger partial charge is 0.230 e. The van der Waals surface area contributed by atoms with Crippen LogP contribution in [-0.4, -0.2) is 16.8 Å². The molecule has 0 bridgehead atoms. The van der Waals surface area contributed by atoms with Crippen molar-refractivity contribution in [1.82, 2.24) is 10.2 Å². The van der Waals surface area contributed by atoms with Crippen molar-refractivity contribution >= 4 is 0 Å². The third-order valence-electron chi connectivity index (χ3n) is 2.16. The maximum Gasteiger partial charge on any atom is 0.230 e. The van der Waals surface area contributed by atoms with Crippen LogP contribution < -0.4 is 10.5 Å². The Morgan fingerprint density at radius 2 is 1.94 bits per heavy atom. The van der Waals surface area contributed by atoms with Crippen molar-refractivity contribution in [2.75, 3.05) is 6.61 Å². The minimum atomic E-state index is -0.948. The van der Waals surface area contributed by atoms with Crippen LogP contribution in [0, 0.1) is 11.6 Å². The first-order chi connectivity index (χ1) is 8.69. The Balaban J connectivity index is 1.86. The summed E-state index contributed by atoms with van der Waals surface area (Å²) in [4.78, 5) is 0. The van der Waals surface area contributed by atoms with Gasteiger partial charge in [-0.1, -0.05) is 0 Å². The Morgan fingerprint density at radius 3 is 2.61 bits per heavy atom. The van der Waals surface area contributed by atoms with Crippen molar-refractivity contribution in [2.45, 2.75) is 13.0 Å². The third kappa shape index (κ3) is 3.01. The normalized spacial score (nSPS) is 10.6. The van der Waals surface area contributed by atoms with Crippen molar-refractivity contribution in [3.8, 4) is 5.75 Å². The predicted octanol–water partition coefficient (Wildman–Crippen LogP) is 1.43. The standard InChI is InChI=1S/C11H11F2N3O2/c12-8-2-1-7(5-9(8)13)17-4-3-10-15-16-11(6-14)18-10/h1-2,5H,3-4,6,14H2. The molecule has 5 nitrogen and oxygen atoms in total. The maximum absolute atomic E-state index is 12.9. The molecular weight excluding hydrogens is 244 g/mol. The number of aromatic nitrogens is 2. The van der Waals surface area contributed by atoms with E-state index in [1.54, 1.807) is 0 Å². The van der Waals surface area contributed by atoms with Gasteiger partial charge in [0.25, 0.3) is 0 Å². The van der Waals surface area contributed by atoms with Crippen molar-refractivity contribution in [1.29, 1.82) is 0 Å². The summed E-state index contributed by atoms with van der Waals surface area (Å²) in [6, 6.07) is 3.33. The number of ether oxygens (including phenoxy) is 1. The van der Waals surface area contributed by atoms with E-state index in [0.29, 0.717) is 18.2 Å². The molecule has 0 saturated carbocycles. The van der Waals surface area contributed by atoms with Gasteiger partial charge in [-0.2, -0.15) is 0 Å². The van der Waals surface area contributed by atoms with E-state index in [1.165, 1.54) is 6.07 Å². The lowest BCUT2D eigenvalue weighted by Gasteiger charge is -2.04. The molecule has 0 aliphatic rings. The quantitative estimate of drug-likeness (QED) is 0.874. The second kappa shape index (κ2) is 5.54. The first-order valence-electron chi connectivity index (χ1n) is 5.28. The molecule has 0 aliphatic heterocycles. The highest BCUT2D eigenvalue weighted by Gasteiger charge is 2.06. The molecule has 0 saturated heterocycles. The average molecular weight is 255 g/mol. The molecule has 0 radical (unpaired) electrons. The van der Waals surface area contributed by atoms with Crippen LogP contribution in [0.5, 0.6) is 5.75 Å². The summed E-state index contributed by atoms with van der Waals surface area (Å²) < 4.78 is 35.9. The van der Waals surface area contributed by atoms with Crippen LogP contribution in [0.1, 0.15) is 11.8 Å². The van der Waals surface area contributed by atoms with Gasteiger partial charge in [0.15, 0.2) is 11.6 Å². The molecule has 0 aliphatic carbocycles. The minimum Gasteiger partial charge on any atom is -0.493 e. The molecule has 0 unspecified atom stereocenters. The van der Waals surface area contributed by atoms with Crippen molar-refractivity contribution in [3.63, 3.8) is 0 Å². The Bertz CT molecular complexity index is 531. The molecule has 7 heteroatoms. The van der Waals surface area contributed by atoms with Gasteiger partial charge in [0.05, 0.1) is 19.6 Å². The van der Waals surface area contributed by atoms with Crippen LogP contribution in [0.2, 0.25) is 0 Å². The monoisotopic (exact) mass is 255 g/mol. The largest absolute Gasteiger partial charge is 0.493 e. The van der Waals surface area contributed by atoms with E-state index in [-0.39, 0.29) is 18.9 Å². The highest BCUT2D eigenvalue weighted by molar-refractivity contribution is 5.23. The maximum atomic E-state index is 12.9. The Hall–Kier alpha value is -2.02. The zero-order valence-electron chi connectivity index (χ0n) is 9.40. The fourth-order valence-corrected chi connectivity index (χ4v) is 1.29. The van der Waals surface area contributed by atoms with Gasteiger partial charge in [-0.15, -0.1) is 10.2 Å². The Kier molecular flexibility index (Phi) is 3.83. The summed E-state index contributed by atoms with van der Waals surface area (Å²) in [5, 5.41) is 7.42. The molecule has 0 spiro atoms. The molecule has 96 valence electrons. The molecule has 2 N–H and O–H groups in total. The van der Waals surface area contributed by atoms with Gasteiger partial charge >= 0.3 is 0 Å². The fraction of sp³-hybridized carbons (Fsp3) is 0.273. The topological polar surface area (TPSA) is 74.2 Å². The molecule has 2 rings (SSSR count). The predicted molar refractivity (Wildman–Crippen MR) is 57.7 cm³/mol. The Labute approximate surface area is 102 Å². The first-order valence-corrected chi connectivity index (χ1v) is 5.28. The molecule has 18 heavy (non-hydrogen) atoms. The lowest BCUT2D eigenvalue weighted by Crippen LogP contribution is -2.02. The molecule has 1 heterocycles. The van der Waals surface area contributed by atoms with Gasteiger partial charge in [-0.3, -0.25) is 0 Å². The molecule has 0 atom stereocenters. The van der Waals surface area contributed by atoms with Gasteiger partial charge in [0.1, 0.15) is 5.75 Å². The number of halogens is 2. The molecule has 2 aromatic rings. The number of hydrogen-bond donors (Lipinski definition) is 1. The van der Waals surface area contributed by atoms with Crippen LogP contribution in [-0.2, 0) is 13.0 Å². The summed E-state index contributed by atoms with van der Waals surface area (Å²) in [6.07, 6.45) is 0.367. The second-order valence-electron chi connectivity index (χ2n) is 3.47. The second-order valence-corrected chi connectivity index (χ2v) is 3.47. The van der Waals surface area contributed by atoms with Gasteiger partial charge in [-0.25, -0.2) is 8.78 Å². The van der Waals surface area contributed by atoms with Crippen molar-refractivity contribution in [2.24, 2.45) is 5.73 Å². The average Bonchev–Trinajstić information content (AvgIpc) is 2.82. The van der Waals surface area contributed by atoms with Crippen LogP contribution in [0.3, 0.4) is 0 Å². The zero-order valence-corrected chi connectivity index (χ0v) is 9.40. The lowest BCUT2D eigenvalue weighted by atomic mass is 10.3. The number of benzene rings is 1. The number of hydrogen-bond acceptors (Lipinski definition) is 5. The third-order valence-corrected chi connectivity index (χ3v) is 2.16. The van der Waals surface area contributed by atoms with Crippen LogP contribution in [0.4, 0.5) is 8.78 Å². The first kappa shape index (κ1) is 12.4. The van der Waals surface area contributed by atoms with E-state index < -0.39 is 11.6 Å². The summed E-state index contributed by atoms with van der Waals surface area (Å²) in [6.45, 7) is 0.397. The van der Waals surface area contributed by atoms with Crippen molar-refractivity contribution < 1.29 is 17.9 Å². The molecule has 1 aromatic heterocycles. The highest BCUT2D eigenvalue weighted by Crippen LogP contribution is 2.15. The van der Waals surface area contributed by atoms with E-state index in [4.69, 9.17) is 14.9 Å². The van der Waals surface area contributed by atoms with E-state index in [1.807, 2.05) is 0 Å². The number of nitrogens with two attached hydrogens (primary N) is 1. The molecule has 0 fully saturated rings. The van der Waals surface area contributed by atoms with Gasteiger partial charge in [-0.05, 0) is 12.1 Å². The molecule has 1 aromatic carbocycles. The van der Waals surface area contributed by atoms with E-state index in [2.05, 4.69) is 10.2 Å². The highest BCUT2D eigenvalue weighted by atomic mass is 19.2. The van der Waals surface area contributed by atoms with E-state index >= 15 is 0 Å². The van der Waals surface area contributed by atoms with Gasteiger partial charge in [0, 0.05) is 6.07 Å². The Morgan fingerprint density at radius 1 is 1.17 bits per heavy atom. The summed E-state index contributed by atoms with van der Waals surface area (Å²) >= 11 is 0. The zero-order chi connectivity index (χ0) is 13.0. The van der Waals surface area contributed by atoms with Gasteiger partial charge < -0.3 is 14.9 Å². The van der Waals surface area contributed by atoms with E-state index in [9.17, 15) is 8.78 Å². The molecule has 0 amide bonds. The number of nitrogens with zero attached hydrogens (tertiary/aromatic N) is 2. The van der Waals surface area contributed by atoms with Crippen LogP contribution >= 0.6 is 0 Å². The van der Waals surface area contributed by atoms with Gasteiger partial charge in [0.2, 0.25) is 11.8 Å². The number of rotatable bonds is 5. The van der Waals surface area contributed by atoms with Crippen LogP contribution in [0.15, 0.2) is 22.6 Å². The lowest BCUT2D eigenvalue weighted by molar-refractivity contribution is 0.301.